The maximum absolute atomic E-state index is 6.02. The molecule has 0 bridgehead atoms. The van der Waals surface area contributed by atoms with Gasteiger partial charge in [-0.1, -0.05) is 35.9 Å². The third-order valence-electron chi connectivity index (χ3n) is 3.41. The van der Waals surface area contributed by atoms with Gasteiger partial charge in [0.1, 0.15) is 0 Å². The van der Waals surface area contributed by atoms with Crippen molar-refractivity contribution in [3.8, 4) is 0 Å². The van der Waals surface area contributed by atoms with Crippen LogP contribution in [0.3, 0.4) is 0 Å². The Morgan fingerprint density at radius 1 is 1.10 bits per heavy atom. The van der Waals surface area contributed by atoms with E-state index in [0.717, 1.165) is 11.6 Å². The largest absolute Gasteiger partial charge is 0.378 e. The second-order valence-corrected chi connectivity index (χ2v) is 5.65. The van der Waals surface area contributed by atoms with E-state index in [1.54, 1.807) is 0 Å². The highest BCUT2D eigenvalue weighted by Gasteiger charge is 2.05. The van der Waals surface area contributed by atoms with E-state index in [2.05, 4.69) is 61.6 Å². The van der Waals surface area contributed by atoms with Crippen LogP contribution >= 0.6 is 11.6 Å². The number of anilines is 1. The highest BCUT2D eigenvalue weighted by atomic mass is 35.5. The van der Waals surface area contributed by atoms with Gasteiger partial charge in [0.05, 0.1) is 0 Å². The number of hydrogen-bond donors (Lipinski definition) is 1. The van der Waals surface area contributed by atoms with Gasteiger partial charge in [-0.25, -0.2) is 0 Å². The third kappa shape index (κ3) is 3.99. The summed E-state index contributed by atoms with van der Waals surface area (Å²) in [6.45, 7) is 3.00. The summed E-state index contributed by atoms with van der Waals surface area (Å²) < 4.78 is 0. The summed E-state index contributed by atoms with van der Waals surface area (Å²) in [6.07, 6.45) is 0. The van der Waals surface area contributed by atoms with Crippen LogP contribution in [-0.2, 0) is 6.54 Å². The molecule has 3 heteroatoms. The van der Waals surface area contributed by atoms with Gasteiger partial charge in [0.25, 0.3) is 0 Å². The minimum absolute atomic E-state index is 0.280. The first-order valence-electron chi connectivity index (χ1n) is 6.81. The Balaban J connectivity index is 1.94. The summed E-state index contributed by atoms with van der Waals surface area (Å²) >= 11 is 6.02. The Bertz CT molecular complexity index is 549. The molecular formula is C17H21ClN2. The number of nitrogens with one attached hydrogen (secondary N) is 1. The van der Waals surface area contributed by atoms with Crippen molar-refractivity contribution in [3.63, 3.8) is 0 Å². The molecule has 20 heavy (non-hydrogen) atoms. The molecule has 2 nitrogen and oxygen atoms in total. The fraction of sp³-hybridized carbons (Fsp3) is 0.294. The van der Waals surface area contributed by atoms with Gasteiger partial charge >= 0.3 is 0 Å². The van der Waals surface area contributed by atoms with Gasteiger partial charge in [-0.05, 0) is 42.3 Å². The predicted molar refractivity (Wildman–Crippen MR) is 87.5 cm³/mol. The Morgan fingerprint density at radius 3 is 2.40 bits per heavy atom. The van der Waals surface area contributed by atoms with E-state index in [-0.39, 0.29) is 6.04 Å². The van der Waals surface area contributed by atoms with Crippen molar-refractivity contribution in [1.29, 1.82) is 0 Å². The lowest BCUT2D eigenvalue weighted by molar-refractivity contribution is 0.575. The average molecular weight is 289 g/mol. The van der Waals surface area contributed by atoms with E-state index in [1.165, 1.54) is 16.8 Å². The first-order chi connectivity index (χ1) is 9.56. The van der Waals surface area contributed by atoms with Crippen molar-refractivity contribution in [2.45, 2.75) is 19.5 Å². The van der Waals surface area contributed by atoms with Crippen molar-refractivity contribution >= 4 is 17.3 Å². The number of hydrogen-bond acceptors (Lipinski definition) is 2. The molecule has 2 aromatic carbocycles. The lowest BCUT2D eigenvalue weighted by atomic mass is 10.1. The van der Waals surface area contributed by atoms with E-state index in [0.29, 0.717) is 0 Å². The van der Waals surface area contributed by atoms with Crippen LogP contribution in [0.4, 0.5) is 5.69 Å². The zero-order valence-corrected chi connectivity index (χ0v) is 13.0. The molecule has 0 radical (unpaired) electrons. The topological polar surface area (TPSA) is 15.3 Å². The molecule has 2 rings (SSSR count). The Morgan fingerprint density at radius 2 is 1.80 bits per heavy atom. The molecule has 0 amide bonds. The normalized spacial score (nSPS) is 12.2. The lowest BCUT2D eigenvalue weighted by Gasteiger charge is -2.16. The molecule has 0 fully saturated rings. The molecular weight excluding hydrogens is 268 g/mol. The summed E-state index contributed by atoms with van der Waals surface area (Å²) in [5.74, 6) is 0. The summed E-state index contributed by atoms with van der Waals surface area (Å²) in [5, 5.41) is 4.30. The fourth-order valence-corrected chi connectivity index (χ4v) is 2.28. The molecule has 1 N–H and O–H groups in total. The molecule has 2 aromatic rings. The summed E-state index contributed by atoms with van der Waals surface area (Å²) in [6, 6.07) is 16.9. The second-order valence-electron chi connectivity index (χ2n) is 5.22. The van der Waals surface area contributed by atoms with Crippen LogP contribution in [0.25, 0.3) is 0 Å². The van der Waals surface area contributed by atoms with Crippen LogP contribution in [0.15, 0.2) is 48.5 Å². The van der Waals surface area contributed by atoms with Gasteiger partial charge in [-0.3, -0.25) is 0 Å². The van der Waals surface area contributed by atoms with Crippen molar-refractivity contribution in [2.75, 3.05) is 19.0 Å². The van der Waals surface area contributed by atoms with Crippen LogP contribution in [0.2, 0.25) is 5.02 Å². The monoisotopic (exact) mass is 288 g/mol. The van der Waals surface area contributed by atoms with Crippen LogP contribution in [0.5, 0.6) is 0 Å². The highest BCUT2D eigenvalue weighted by Crippen LogP contribution is 2.18. The SMILES string of the molecule is C[C@@H](NCc1ccc(N(C)C)cc1)c1cccc(Cl)c1. The minimum atomic E-state index is 0.280. The van der Waals surface area contributed by atoms with Crippen molar-refractivity contribution in [2.24, 2.45) is 0 Å². The Hall–Kier alpha value is -1.51. The molecule has 0 heterocycles. The summed E-state index contributed by atoms with van der Waals surface area (Å²) in [7, 11) is 4.10. The summed E-state index contributed by atoms with van der Waals surface area (Å²) in [5.41, 5.74) is 3.71. The second kappa shape index (κ2) is 6.78. The highest BCUT2D eigenvalue weighted by molar-refractivity contribution is 6.30. The number of nitrogens with zero attached hydrogens (tertiary/aromatic N) is 1. The zero-order valence-electron chi connectivity index (χ0n) is 12.2. The fourth-order valence-electron chi connectivity index (χ4n) is 2.08. The number of halogens is 1. The average Bonchev–Trinajstić information content (AvgIpc) is 2.45. The molecule has 0 saturated heterocycles. The zero-order chi connectivity index (χ0) is 14.5. The standard InChI is InChI=1S/C17H21ClN2/c1-13(15-5-4-6-16(18)11-15)19-12-14-7-9-17(10-8-14)20(2)3/h4-11,13,19H,12H2,1-3H3/t13-/m1/s1. The van der Waals surface area contributed by atoms with Gasteiger partial charge in [0.2, 0.25) is 0 Å². The maximum atomic E-state index is 6.02. The van der Waals surface area contributed by atoms with Gasteiger partial charge in [-0.15, -0.1) is 0 Å². The molecule has 1 atom stereocenters. The number of benzene rings is 2. The van der Waals surface area contributed by atoms with Gasteiger partial charge in [0, 0.05) is 37.4 Å². The van der Waals surface area contributed by atoms with Crippen LogP contribution in [-0.4, -0.2) is 14.1 Å². The predicted octanol–water partition coefficient (Wildman–Crippen LogP) is 4.26. The molecule has 0 aliphatic carbocycles. The molecule has 0 aromatic heterocycles. The third-order valence-corrected chi connectivity index (χ3v) is 3.65. The van der Waals surface area contributed by atoms with Gasteiger partial charge in [-0.2, -0.15) is 0 Å². The van der Waals surface area contributed by atoms with Crippen molar-refractivity contribution in [1.82, 2.24) is 5.32 Å². The molecule has 0 unspecified atom stereocenters. The smallest absolute Gasteiger partial charge is 0.0409 e. The van der Waals surface area contributed by atoms with Crippen molar-refractivity contribution in [3.05, 3.63) is 64.7 Å². The van der Waals surface area contributed by atoms with Crippen molar-refractivity contribution < 1.29 is 0 Å². The first kappa shape index (κ1) is 14.9. The van der Waals surface area contributed by atoms with Gasteiger partial charge < -0.3 is 10.2 Å². The first-order valence-corrected chi connectivity index (χ1v) is 7.19. The Labute approximate surface area is 126 Å². The van der Waals surface area contributed by atoms with E-state index in [1.807, 2.05) is 18.2 Å². The minimum Gasteiger partial charge on any atom is -0.378 e. The van der Waals surface area contributed by atoms with Crippen LogP contribution in [0, 0.1) is 0 Å². The maximum Gasteiger partial charge on any atom is 0.0409 e. The molecule has 0 spiro atoms. The van der Waals surface area contributed by atoms with E-state index in [4.69, 9.17) is 11.6 Å². The van der Waals surface area contributed by atoms with E-state index < -0.39 is 0 Å². The van der Waals surface area contributed by atoms with Crippen LogP contribution in [0.1, 0.15) is 24.1 Å². The van der Waals surface area contributed by atoms with Crippen LogP contribution < -0.4 is 10.2 Å². The molecule has 0 saturated carbocycles. The molecule has 0 aliphatic heterocycles. The molecule has 106 valence electrons. The van der Waals surface area contributed by atoms with E-state index in [9.17, 15) is 0 Å². The molecule has 0 aliphatic rings. The van der Waals surface area contributed by atoms with Gasteiger partial charge in [0.15, 0.2) is 0 Å². The quantitative estimate of drug-likeness (QED) is 0.884. The Kier molecular flexibility index (Phi) is 5.05. The summed E-state index contributed by atoms with van der Waals surface area (Å²) in [4.78, 5) is 2.10. The van der Waals surface area contributed by atoms with E-state index >= 15 is 0 Å². The lowest BCUT2D eigenvalue weighted by Crippen LogP contribution is -2.18. The number of rotatable bonds is 5.